The van der Waals surface area contributed by atoms with Crippen molar-refractivity contribution in [3.63, 3.8) is 0 Å². The lowest BCUT2D eigenvalue weighted by Crippen LogP contribution is -2.37. The van der Waals surface area contributed by atoms with E-state index in [1.165, 1.54) is 0 Å². The highest BCUT2D eigenvalue weighted by molar-refractivity contribution is 5.81. The van der Waals surface area contributed by atoms with Crippen LogP contribution in [0.3, 0.4) is 0 Å². The number of aliphatic hydroxyl groups is 1. The average molecular weight is 355 g/mol. The number of carbonyl (C=O) groups excluding carboxylic acids is 1. The Balaban J connectivity index is 2.72. The topological polar surface area (TPSA) is 49.3 Å². The Morgan fingerprint density at radius 3 is 2.40 bits per heavy atom. The maximum absolute atomic E-state index is 12.1. The molecule has 0 fully saturated rings. The second kappa shape index (κ2) is 9.47. The number of rotatable bonds is 7. The van der Waals surface area contributed by atoms with E-state index in [2.05, 4.69) is 11.8 Å². The molecule has 6 heteroatoms. The van der Waals surface area contributed by atoms with Crippen molar-refractivity contribution in [2.24, 2.45) is 0 Å². The summed E-state index contributed by atoms with van der Waals surface area (Å²) in [5.41, 5.74) is 0.439. The highest BCUT2D eigenvalue weighted by Gasteiger charge is 2.38. The van der Waals surface area contributed by atoms with Gasteiger partial charge in [0, 0.05) is 12.1 Å². The van der Waals surface area contributed by atoms with Crippen LogP contribution in [0.2, 0.25) is 0 Å². The monoisotopic (exact) mass is 355 g/mol. The first kappa shape index (κ1) is 21.0. The zero-order valence-electron chi connectivity index (χ0n) is 14.5. The number of halogens is 3. The first-order valence-electron chi connectivity index (χ1n) is 8.39. The van der Waals surface area contributed by atoms with Crippen LogP contribution in [0.25, 0.3) is 0 Å². The molecule has 0 aliphatic carbocycles. The summed E-state index contributed by atoms with van der Waals surface area (Å²) in [5.74, 6) is 3.94. The smallest absolute Gasteiger partial charge is 0.378 e. The standard InChI is InChI=1S/C19H24F3NO2/c1-3-10-18(25,11-4-2)12-8-15-6-5-7-16(14-15)9-13-23-17(24)19(20,21)22/h5-7,14,25H,3-4,9-11,13H2,1-2H3,(H,23,24). The number of nitrogens with one attached hydrogen (secondary N) is 1. The molecule has 0 unspecified atom stereocenters. The maximum Gasteiger partial charge on any atom is 0.471 e. The summed E-state index contributed by atoms with van der Waals surface area (Å²) in [6.45, 7) is 3.86. The van der Waals surface area contributed by atoms with Crippen LogP contribution in [0, 0.1) is 11.8 Å². The molecule has 0 atom stereocenters. The largest absolute Gasteiger partial charge is 0.471 e. The minimum absolute atomic E-state index is 0.106. The van der Waals surface area contributed by atoms with Crippen molar-refractivity contribution in [1.82, 2.24) is 5.32 Å². The van der Waals surface area contributed by atoms with Gasteiger partial charge in [-0.1, -0.05) is 50.7 Å². The van der Waals surface area contributed by atoms with Crippen molar-refractivity contribution in [3.8, 4) is 11.8 Å². The van der Waals surface area contributed by atoms with Gasteiger partial charge in [-0.05, 0) is 37.0 Å². The second-order valence-corrected chi connectivity index (χ2v) is 5.99. The van der Waals surface area contributed by atoms with Gasteiger partial charge in [0.15, 0.2) is 0 Å². The van der Waals surface area contributed by atoms with Crippen molar-refractivity contribution in [3.05, 3.63) is 35.4 Å². The second-order valence-electron chi connectivity index (χ2n) is 5.99. The van der Waals surface area contributed by atoms with Crippen LogP contribution in [0.1, 0.15) is 50.7 Å². The van der Waals surface area contributed by atoms with E-state index in [1.54, 1.807) is 24.3 Å². The Hall–Kier alpha value is -2.00. The first-order valence-corrected chi connectivity index (χ1v) is 8.39. The summed E-state index contributed by atoms with van der Waals surface area (Å²) in [7, 11) is 0. The van der Waals surface area contributed by atoms with Crippen molar-refractivity contribution >= 4 is 5.91 Å². The van der Waals surface area contributed by atoms with Crippen LogP contribution in [0.4, 0.5) is 13.2 Å². The van der Waals surface area contributed by atoms with Gasteiger partial charge in [0.05, 0.1) is 0 Å². The number of amides is 1. The zero-order chi connectivity index (χ0) is 18.9. The fraction of sp³-hybridized carbons (Fsp3) is 0.526. The van der Waals surface area contributed by atoms with E-state index < -0.39 is 17.7 Å². The molecule has 0 aliphatic rings. The fourth-order valence-corrected chi connectivity index (χ4v) is 2.49. The van der Waals surface area contributed by atoms with E-state index in [4.69, 9.17) is 0 Å². The highest BCUT2D eigenvalue weighted by atomic mass is 19.4. The van der Waals surface area contributed by atoms with Crippen molar-refractivity contribution in [1.29, 1.82) is 0 Å². The Kier molecular flexibility index (Phi) is 7.98. The van der Waals surface area contributed by atoms with Crippen LogP contribution in [-0.4, -0.2) is 29.3 Å². The van der Waals surface area contributed by atoms with Gasteiger partial charge in [-0.25, -0.2) is 0 Å². The molecular weight excluding hydrogens is 331 g/mol. The third-order valence-electron chi connectivity index (χ3n) is 3.65. The lowest BCUT2D eigenvalue weighted by Gasteiger charge is -2.20. The third kappa shape index (κ3) is 7.61. The predicted molar refractivity (Wildman–Crippen MR) is 90.9 cm³/mol. The maximum atomic E-state index is 12.1. The molecule has 0 saturated heterocycles. The van der Waals surface area contributed by atoms with Crippen molar-refractivity contribution < 1.29 is 23.1 Å². The van der Waals surface area contributed by atoms with Crippen molar-refractivity contribution in [2.45, 2.75) is 57.7 Å². The third-order valence-corrected chi connectivity index (χ3v) is 3.65. The van der Waals surface area contributed by atoms with Crippen LogP contribution in [-0.2, 0) is 11.2 Å². The summed E-state index contributed by atoms with van der Waals surface area (Å²) >= 11 is 0. The van der Waals surface area contributed by atoms with E-state index in [1.807, 2.05) is 19.2 Å². The Morgan fingerprint density at radius 1 is 1.20 bits per heavy atom. The first-order chi connectivity index (χ1) is 11.7. The number of benzene rings is 1. The SMILES string of the molecule is CCCC(O)(C#Cc1cccc(CCNC(=O)C(F)(F)F)c1)CCC. The van der Waals surface area contributed by atoms with Gasteiger partial charge >= 0.3 is 12.1 Å². The summed E-state index contributed by atoms with van der Waals surface area (Å²) in [6, 6.07) is 7.05. The molecule has 0 radical (unpaired) electrons. The fourth-order valence-electron chi connectivity index (χ4n) is 2.49. The van der Waals surface area contributed by atoms with Gasteiger partial charge in [0.1, 0.15) is 5.60 Å². The molecule has 0 bridgehead atoms. The molecule has 0 aliphatic heterocycles. The Morgan fingerprint density at radius 2 is 1.84 bits per heavy atom. The van der Waals surface area contributed by atoms with Gasteiger partial charge in [0.2, 0.25) is 0 Å². The average Bonchev–Trinajstić information content (AvgIpc) is 2.53. The minimum atomic E-state index is -4.86. The van der Waals surface area contributed by atoms with Crippen LogP contribution < -0.4 is 5.32 Å². The van der Waals surface area contributed by atoms with Gasteiger partial charge in [-0.15, -0.1) is 0 Å². The van der Waals surface area contributed by atoms with E-state index >= 15 is 0 Å². The molecule has 1 amide bonds. The minimum Gasteiger partial charge on any atom is -0.378 e. The molecule has 0 spiro atoms. The molecule has 0 heterocycles. The number of hydrogen-bond donors (Lipinski definition) is 2. The number of carbonyl (C=O) groups is 1. The van der Waals surface area contributed by atoms with Gasteiger partial charge < -0.3 is 10.4 Å². The molecule has 0 saturated carbocycles. The van der Waals surface area contributed by atoms with E-state index in [0.717, 1.165) is 18.4 Å². The number of alkyl halides is 3. The molecule has 3 nitrogen and oxygen atoms in total. The summed E-state index contributed by atoms with van der Waals surface area (Å²) in [5, 5.41) is 12.3. The van der Waals surface area contributed by atoms with Gasteiger partial charge in [-0.3, -0.25) is 4.79 Å². The molecular formula is C19H24F3NO2. The molecule has 0 aromatic heterocycles. The van der Waals surface area contributed by atoms with Crippen molar-refractivity contribution in [2.75, 3.05) is 6.54 Å². The molecule has 25 heavy (non-hydrogen) atoms. The van der Waals surface area contributed by atoms with Crippen LogP contribution in [0.15, 0.2) is 24.3 Å². The lowest BCUT2D eigenvalue weighted by molar-refractivity contribution is -0.173. The van der Waals surface area contributed by atoms with Gasteiger partial charge in [0.25, 0.3) is 0 Å². The molecule has 1 aromatic carbocycles. The van der Waals surface area contributed by atoms with Crippen LogP contribution >= 0.6 is 0 Å². The van der Waals surface area contributed by atoms with E-state index in [0.29, 0.717) is 18.4 Å². The summed E-state index contributed by atoms with van der Waals surface area (Å²) in [6.07, 6.45) is -1.76. The predicted octanol–water partition coefficient (Wildman–Crippen LogP) is 3.59. The van der Waals surface area contributed by atoms with Crippen LogP contribution in [0.5, 0.6) is 0 Å². The van der Waals surface area contributed by atoms with Gasteiger partial charge in [-0.2, -0.15) is 13.2 Å². The Bertz CT molecular complexity index is 624. The summed E-state index contributed by atoms with van der Waals surface area (Å²) in [4.78, 5) is 10.8. The zero-order valence-corrected chi connectivity index (χ0v) is 14.5. The molecule has 2 N–H and O–H groups in total. The number of hydrogen-bond acceptors (Lipinski definition) is 2. The molecule has 138 valence electrons. The Labute approximate surface area is 146 Å². The normalized spacial score (nSPS) is 11.6. The quantitative estimate of drug-likeness (QED) is 0.735. The lowest BCUT2D eigenvalue weighted by atomic mass is 9.93. The highest BCUT2D eigenvalue weighted by Crippen LogP contribution is 2.19. The molecule has 1 aromatic rings. The molecule has 1 rings (SSSR count). The van der Waals surface area contributed by atoms with E-state index in [9.17, 15) is 23.1 Å². The summed E-state index contributed by atoms with van der Waals surface area (Å²) < 4.78 is 36.4. The van der Waals surface area contributed by atoms with E-state index in [-0.39, 0.29) is 13.0 Å².